The first-order chi connectivity index (χ1) is 35.8. The Kier molecular flexibility index (Phi) is 10.3. The summed E-state index contributed by atoms with van der Waals surface area (Å²) in [4.78, 5) is 19.3. The van der Waals surface area contributed by atoms with Crippen LogP contribution >= 0.6 is 34.8 Å². The highest BCUT2D eigenvalue weighted by Crippen LogP contribution is 2.60. The molecule has 3 N–H and O–H groups in total. The van der Waals surface area contributed by atoms with Crippen molar-refractivity contribution in [3.05, 3.63) is 228 Å². The summed E-state index contributed by atoms with van der Waals surface area (Å²) in [6.07, 6.45) is 1.02. The average molecular weight is 1000 g/mol. The van der Waals surface area contributed by atoms with Crippen molar-refractivity contribution in [3.8, 4) is 33.5 Å². The third-order valence-electron chi connectivity index (χ3n) is 14.9. The second kappa shape index (κ2) is 17.3. The number of nitrogens with two attached hydrogens (primary N) is 1. The van der Waals surface area contributed by atoms with Crippen LogP contribution in [-0.2, 0) is 0 Å². The third-order valence-corrected chi connectivity index (χ3v) is 15.4. The monoisotopic (exact) mass is 998 g/mol. The molecule has 2 aliphatic rings. The van der Waals surface area contributed by atoms with E-state index in [-0.39, 0.29) is 16.5 Å². The lowest BCUT2D eigenvalue weighted by Gasteiger charge is -2.24. The van der Waals surface area contributed by atoms with Gasteiger partial charge in [0.15, 0.2) is 10.9 Å². The van der Waals surface area contributed by atoms with Gasteiger partial charge in [0, 0.05) is 38.2 Å². The number of aliphatic imine (C=N–C) groups is 2. The van der Waals surface area contributed by atoms with Crippen LogP contribution in [0.1, 0.15) is 40.5 Å². The number of benzene rings is 11. The predicted octanol–water partition coefficient (Wildman–Crippen LogP) is 17.3. The summed E-state index contributed by atoms with van der Waals surface area (Å²) in [5.74, 6) is 0.630. The van der Waals surface area contributed by atoms with Crippen molar-refractivity contribution in [1.29, 1.82) is 0 Å². The third kappa shape index (κ3) is 7.56. The standard InChI is InChI=1S/C64H41Cl3N6/c65-62(68)69-61-49-15-6-4-13-47(49)46-12-3-5-14-48(46)56(61)55-34-52(55)37-19-16-36(17-20-37)42-23-21-38-26-28-50-57(70-63(66)72-59(50)53(38)32-42)44-11-7-10-41(31-44)43-24-22-39-27-29-51-58(71-64(67)73-60(51)54(39)33-43)45-25-18-35-8-1-2-9-40(35)30-45/h1-33,52,55,63,72H,34H2,(H2,68,69). The lowest BCUT2D eigenvalue weighted by Crippen LogP contribution is -2.22. The number of nitrogens with one attached hydrogen (secondary N) is 1. The van der Waals surface area contributed by atoms with Gasteiger partial charge in [-0.25, -0.2) is 20.0 Å². The molecule has 2 heterocycles. The Morgan fingerprint density at radius 1 is 0.507 bits per heavy atom. The van der Waals surface area contributed by atoms with Crippen LogP contribution in [0.15, 0.2) is 210 Å². The number of amidine groups is 1. The maximum atomic E-state index is 6.99. The molecule has 1 fully saturated rings. The van der Waals surface area contributed by atoms with Crippen LogP contribution in [0.2, 0.25) is 5.28 Å². The number of aromatic nitrogens is 2. The Morgan fingerprint density at radius 3 is 1.93 bits per heavy atom. The van der Waals surface area contributed by atoms with Gasteiger partial charge in [0.2, 0.25) is 5.28 Å². The van der Waals surface area contributed by atoms with E-state index in [1.807, 2.05) is 0 Å². The minimum atomic E-state index is -0.661. The van der Waals surface area contributed by atoms with Gasteiger partial charge in [0.05, 0.1) is 28.3 Å². The number of anilines is 1. The van der Waals surface area contributed by atoms with Gasteiger partial charge < -0.3 is 11.1 Å². The summed E-state index contributed by atoms with van der Waals surface area (Å²) in [6.45, 7) is 0. The van der Waals surface area contributed by atoms with Gasteiger partial charge in [-0.05, 0) is 143 Å². The summed E-state index contributed by atoms with van der Waals surface area (Å²) in [5, 5.41) is 15.9. The van der Waals surface area contributed by atoms with E-state index < -0.39 is 5.62 Å². The van der Waals surface area contributed by atoms with Gasteiger partial charge in [-0.3, -0.25) is 0 Å². The number of alkyl halides is 1. The summed E-state index contributed by atoms with van der Waals surface area (Å²) in [6, 6.07) is 71.0. The van der Waals surface area contributed by atoms with Crippen LogP contribution in [-0.4, -0.2) is 26.6 Å². The smallest absolute Gasteiger partial charge is 0.223 e. The zero-order chi connectivity index (χ0) is 48.9. The lowest BCUT2D eigenvalue weighted by molar-refractivity contribution is 1.03. The first kappa shape index (κ1) is 43.6. The molecule has 11 aromatic carbocycles. The molecule has 1 aliphatic carbocycles. The van der Waals surface area contributed by atoms with E-state index in [1.54, 1.807) is 0 Å². The summed E-state index contributed by atoms with van der Waals surface area (Å²) >= 11 is 20.0. The zero-order valence-corrected chi connectivity index (χ0v) is 41.3. The van der Waals surface area contributed by atoms with Gasteiger partial charge in [0.1, 0.15) is 0 Å². The molecule has 1 aliphatic heterocycles. The number of halogens is 3. The SMILES string of the molecule is NC(Cl)=Nc1c(C2CC2c2ccc(-c3ccc4ccc5c(c4c3)NC(Cl)N=C5c3cccc(-c4ccc5ccc6c(-c7ccc8ccccc8c7)nc(Cl)nc6c5c4)c3)cc2)c2ccccc2c2ccccc12. The van der Waals surface area contributed by atoms with Crippen LogP contribution < -0.4 is 11.1 Å². The van der Waals surface area contributed by atoms with Crippen molar-refractivity contribution >= 4 is 122 Å². The molecular weight excluding hydrogens is 959 g/mol. The Hall–Kier alpha value is -8.13. The maximum Gasteiger partial charge on any atom is 0.223 e. The fourth-order valence-electron chi connectivity index (χ4n) is 11.4. The van der Waals surface area contributed by atoms with E-state index in [2.05, 4.69) is 206 Å². The first-order valence-electron chi connectivity index (χ1n) is 24.4. The predicted molar refractivity (Wildman–Crippen MR) is 307 cm³/mol. The average Bonchev–Trinajstić information content (AvgIpc) is 4.23. The highest BCUT2D eigenvalue weighted by molar-refractivity contribution is 6.64. The molecule has 9 heteroatoms. The van der Waals surface area contributed by atoms with Crippen LogP contribution in [0.5, 0.6) is 0 Å². The van der Waals surface area contributed by atoms with Crippen molar-refractivity contribution in [2.75, 3.05) is 5.32 Å². The van der Waals surface area contributed by atoms with Crippen molar-refractivity contribution in [3.63, 3.8) is 0 Å². The molecule has 0 saturated heterocycles. The number of hydrogen-bond acceptors (Lipinski definition) is 5. The Bertz CT molecular complexity index is 4350. The van der Waals surface area contributed by atoms with Gasteiger partial charge in [-0.2, -0.15) is 0 Å². The summed E-state index contributed by atoms with van der Waals surface area (Å²) < 4.78 is 0. The second-order valence-corrected chi connectivity index (χ2v) is 20.3. The molecular formula is C64H41Cl3N6. The van der Waals surface area contributed by atoms with Gasteiger partial charge in [-0.1, -0.05) is 181 Å². The number of hydrogen-bond donors (Lipinski definition) is 2. The van der Waals surface area contributed by atoms with Crippen LogP contribution in [0.25, 0.3) is 98.3 Å². The number of fused-ring (bicyclic) bond motifs is 10. The molecule has 73 heavy (non-hydrogen) atoms. The molecule has 6 nitrogen and oxygen atoms in total. The molecule has 14 rings (SSSR count). The molecule has 3 unspecified atom stereocenters. The number of rotatable bonds is 7. The lowest BCUT2D eigenvalue weighted by atomic mass is 9.91. The van der Waals surface area contributed by atoms with E-state index in [0.717, 1.165) is 117 Å². The minimum absolute atomic E-state index is 0.0380. The van der Waals surface area contributed by atoms with Crippen molar-refractivity contribution in [1.82, 2.24) is 9.97 Å². The topological polar surface area (TPSA) is 88.5 Å². The van der Waals surface area contributed by atoms with E-state index >= 15 is 0 Å². The van der Waals surface area contributed by atoms with Gasteiger partial charge in [-0.15, -0.1) is 0 Å². The first-order valence-corrected chi connectivity index (χ1v) is 25.6. The molecule has 1 saturated carbocycles. The summed E-state index contributed by atoms with van der Waals surface area (Å²) in [5.41, 5.74) is 19.5. The minimum Gasteiger partial charge on any atom is -0.374 e. The fourth-order valence-corrected chi connectivity index (χ4v) is 11.9. The van der Waals surface area contributed by atoms with Crippen molar-refractivity contribution in [2.45, 2.75) is 23.9 Å². The van der Waals surface area contributed by atoms with Gasteiger partial charge >= 0.3 is 0 Å². The van der Waals surface area contributed by atoms with Crippen LogP contribution in [0.4, 0.5) is 11.4 Å². The van der Waals surface area contributed by atoms with Crippen molar-refractivity contribution in [2.24, 2.45) is 15.7 Å². The Balaban J connectivity index is 0.779. The van der Waals surface area contributed by atoms with Crippen LogP contribution in [0, 0.1) is 0 Å². The second-order valence-electron chi connectivity index (χ2n) is 19.1. The molecule has 0 spiro atoms. The molecule has 0 amide bonds. The Labute approximate surface area is 435 Å². The van der Waals surface area contributed by atoms with E-state index in [0.29, 0.717) is 5.92 Å². The molecule has 0 radical (unpaired) electrons. The van der Waals surface area contributed by atoms with Crippen LogP contribution in [0.3, 0.4) is 0 Å². The van der Waals surface area contributed by atoms with Gasteiger partial charge in [0.25, 0.3) is 0 Å². The normalized spacial score (nSPS) is 16.6. The summed E-state index contributed by atoms with van der Waals surface area (Å²) in [7, 11) is 0. The maximum absolute atomic E-state index is 6.99. The fraction of sp³-hybridized carbons (Fsp3) is 0.0625. The molecule has 12 aromatic rings. The molecule has 348 valence electrons. The highest BCUT2D eigenvalue weighted by atomic mass is 35.5. The quantitative estimate of drug-likeness (QED) is 0.0416. The molecule has 3 atom stereocenters. The molecule has 0 bridgehead atoms. The van der Waals surface area contributed by atoms with E-state index in [4.69, 9.17) is 60.5 Å². The number of nitrogens with zero attached hydrogens (tertiary/aromatic N) is 4. The zero-order valence-electron chi connectivity index (χ0n) is 39.0. The highest BCUT2D eigenvalue weighted by Gasteiger charge is 2.42. The Morgan fingerprint density at radius 2 is 1.12 bits per heavy atom. The molecule has 1 aromatic heterocycles. The van der Waals surface area contributed by atoms with E-state index in [1.165, 1.54) is 27.3 Å². The largest absolute Gasteiger partial charge is 0.374 e. The van der Waals surface area contributed by atoms with Crippen molar-refractivity contribution < 1.29 is 0 Å². The van der Waals surface area contributed by atoms with E-state index in [9.17, 15) is 0 Å².